The van der Waals surface area contributed by atoms with Gasteiger partial charge in [-0.05, 0) is 43.3 Å². The highest BCUT2D eigenvalue weighted by Crippen LogP contribution is 2.30. The normalized spacial score (nSPS) is 11.4. The maximum Gasteiger partial charge on any atom is 0.316 e. The van der Waals surface area contributed by atoms with Gasteiger partial charge in [0.15, 0.2) is 11.4 Å². The summed E-state index contributed by atoms with van der Waals surface area (Å²) >= 11 is 0. The van der Waals surface area contributed by atoms with E-state index >= 15 is 0 Å². The standard InChI is InChI=1S/C27H21N5O4S/c1-17-7-9-22(10-8-17)37(35,36)32-16-24(25(33)18-4-2-6-21(12-18)31-27(28)34)23-13-20(15-30-26(23)32)19-5-3-11-29-14-19/h2-16H,1H3,(H3,28,31,34). The van der Waals surface area contributed by atoms with Crippen LogP contribution >= 0.6 is 0 Å². The molecule has 3 aromatic heterocycles. The average Bonchev–Trinajstić information content (AvgIpc) is 3.28. The largest absolute Gasteiger partial charge is 0.351 e. The number of rotatable bonds is 6. The zero-order chi connectivity index (χ0) is 26.2. The highest BCUT2D eigenvalue weighted by molar-refractivity contribution is 7.90. The Morgan fingerprint density at radius 2 is 1.73 bits per heavy atom. The number of hydrogen-bond donors (Lipinski definition) is 2. The molecule has 2 amide bonds. The van der Waals surface area contributed by atoms with Crippen LogP contribution in [0.15, 0.2) is 96.4 Å². The van der Waals surface area contributed by atoms with Crippen molar-refractivity contribution < 1.29 is 18.0 Å². The second kappa shape index (κ2) is 9.32. The minimum atomic E-state index is -4.06. The number of hydrogen-bond acceptors (Lipinski definition) is 6. The zero-order valence-corrected chi connectivity index (χ0v) is 20.4. The first kappa shape index (κ1) is 23.9. The number of pyridine rings is 2. The number of nitrogens with one attached hydrogen (secondary N) is 1. The summed E-state index contributed by atoms with van der Waals surface area (Å²) in [5.41, 5.74) is 8.38. The van der Waals surface area contributed by atoms with E-state index in [9.17, 15) is 18.0 Å². The number of ketones is 1. The number of amides is 2. The van der Waals surface area contributed by atoms with Crippen LogP contribution in [-0.2, 0) is 10.0 Å². The number of benzene rings is 2. The monoisotopic (exact) mass is 511 g/mol. The highest BCUT2D eigenvalue weighted by Gasteiger charge is 2.26. The lowest BCUT2D eigenvalue weighted by atomic mass is 10.0. The summed E-state index contributed by atoms with van der Waals surface area (Å²) in [7, 11) is -4.06. The van der Waals surface area contributed by atoms with Gasteiger partial charge < -0.3 is 11.1 Å². The van der Waals surface area contributed by atoms with Crippen LogP contribution in [0.1, 0.15) is 21.5 Å². The van der Waals surface area contributed by atoms with Gasteiger partial charge in [-0.15, -0.1) is 0 Å². The Balaban J connectivity index is 1.71. The fraction of sp³-hybridized carbons (Fsp3) is 0.0370. The summed E-state index contributed by atoms with van der Waals surface area (Å²) in [6, 6.07) is 17.2. The van der Waals surface area contributed by atoms with Crippen molar-refractivity contribution >= 4 is 38.6 Å². The van der Waals surface area contributed by atoms with E-state index in [4.69, 9.17) is 5.73 Å². The third-order valence-corrected chi connectivity index (χ3v) is 7.49. The molecule has 37 heavy (non-hydrogen) atoms. The molecule has 9 nitrogen and oxygen atoms in total. The van der Waals surface area contributed by atoms with E-state index in [1.165, 1.54) is 24.4 Å². The molecule has 0 spiro atoms. The predicted molar refractivity (Wildman–Crippen MR) is 140 cm³/mol. The number of aryl methyl sites for hydroxylation is 1. The van der Waals surface area contributed by atoms with E-state index in [-0.39, 0.29) is 21.7 Å². The van der Waals surface area contributed by atoms with Crippen LogP contribution in [-0.4, -0.2) is 34.2 Å². The maximum atomic E-state index is 13.7. The van der Waals surface area contributed by atoms with Gasteiger partial charge in [-0.25, -0.2) is 22.2 Å². The molecule has 3 N–H and O–H groups in total. The minimum Gasteiger partial charge on any atom is -0.351 e. The van der Waals surface area contributed by atoms with Gasteiger partial charge in [0.2, 0.25) is 0 Å². The van der Waals surface area contributed by atoms with Crippen molar-refractivity contribution in [3.8, 4) is 11.1 Å². The Labute approximate surface area is 212 Å². The van der Waals surface area contributed by atoms with Crippen LogP contribution in [0.3, 0.4) is 0 Å². The quantitative estimate of drug-likeness (QED) is 0.325. The van der Waals surface area contributed by atoms with E-state index in [1.807, 2.05) is 13.0 Å². The van der Waals surface area contributed by atoms with Gasteiger partial charge in [0.05, 0.1) is 10.5 Å². The third kappa shape index (κ3) is 4.57. The van der Waals surface area contributed by atoms with Crippen LogP contribution in [0.4, 0.5) is 10.5 Å². The number of carbonyl (C=O) groups is 2. The molecule has 0 saturated heterocycles. The molecular weight excluding hydrogens is 490 g/mol. The van der Waals surface area contributed by atoms with E-state index < -0.39 is 21.8 Å². The molecule has 184 valence electrons. The van der Waals surface area contributed by atoms with Crippen LogP contribution < -0.4 is 11.1 Å². The Morgan fingerprint density at radius 1 is 0.946 bits per heavy atom. The molecule has 2 aromatic carbocycles. The van der Waals surface area contributed by atoms with Crippen LogP contribution in [0.2, 0.25) is 0 Å². The summed E-state index contributed by atoms with van der Waals surface area (Å²) in [6.07, 6.45) is 6.13. The molecule has 0 radical (unpaired) electrons. The summed E-state index contributed by atoms with van der Waals surface area (Å²) in [6.45, 7) is 1.86. The number of carbonyl (C=O) groups excluding carboxylic acids is 2. The second-order valence-corrected chi connectivity index (χ2v) is 10.2. The van der Waals surface area contributed by atoms with E-state index in [1.54, 1.807) is 61.1 Å². The minimum absolute atomic E-state index is 0.0693. The Hall–Kier alpha value is -4.83. The number of fused-ring (bicyclic) bond motifs is 1. The molecule has 0 aliphatic rings. The van der Waals surface area contributed by atoms with Crippen LogP contribution in [0.5, 0.6) is 0 Å². The molecule has 10 heteroatoms. The maximum absolute atomic E-state index is 13.7. The fourth-order valence-electron chi connectivity index (χ4n) is 3.99. The Morgan fingerprint density at radius 3 is 2.43 bits per heavy atom. The first-order chi connectivity index (χ1) is 17.7. The number of primary amides is 1. The smallest absolute Gasteiger partial charge is 0.316 e. The fourth-order valence-corrected chi connectivity index (χ4v) is 5.32. The van der Waals surface area contributed by atoms with Gasteiger partial charge in [-0.1, -0.05) is 35.9 Å². The molecule has 0 bridgehead atoms. The average molecular weight is 512 g/mol. The number of aromatic nitrogens is 3. The molecule has 5 rings (SSSR count). The van der Waals surface area contributed by atoms with E-state index in [0.29, 0.717) is 16.6 Å². The van der Waals surface area contributed by atoms with E-state index in [2.05, 4.69) is 15.3 Å². The summed E-state index contributed by atoms with van der Waals surface area (Å²) in [5.74, 6) is -0.443. The van der Waals surface area contributed by atoms with Crippen molar-refractivity contribution in [2.45, 2.75) is 11.8 Å². The molecule has 0 atom stereocenters. The van der Waals surface area contributed by atoms with Crippen molar-refractivity contribution in [2.24, 2.45) is 5.73 Å². The summed E-state index contributed by atoms with van der Waals surface area (Å²) in [4.78, 5) is 33.6. The molecule has 0 aliphatic heterocycles. The lowest BCUT2D eigenvalue weighted by Crippen LogP contribution is -2.19. The number of urea groups is 1. The van der Waals surface area contributed by atoms with Gasteiger partial charge in [0.1, 0.15) is 0 Å². The highest BCUT2D eigenvalue weighted by atomic mass is 32.2. The zero-order valence-electron chi connectivity index (χ0n) is 19.6. The van der Waals surface area contributed by atoms with Crippen molar-refractivity contribution in [1.82, 2.24) is 13.9 Å². The molecule has 0 unspecified atom stereocenters. The lowest BCUT2D eigenvalue weighted by molar-refractivity contribution is 0.104. The summed E-state index contributed by atoms with van der Waals surface area (Å²) < 4.78 is 28.2. The Kier molecular flexibility index (Phi) is 6.02. The molecule has 0 aliphatic carbocycles. The third-order valence-electron chi connectivity index (χ3n) is 5.82. The van der Waals surface area contributed by atoms with Crippen molar-refractivity contribution in [1.29, 1.82) is 0 Å². The molecule has 0 saturated carbocycles. The van der Waals surface area contributed by atoms with Gasteiger partial charge in [0.25, 0.3) is 10.0 Å². The number of anilines is 1. The van der Waals surface area contributed by atoms with Gasteiger partial charge >= 0.3 is 6.03 Å². The predicted octanol–water partition coefficient (Wildman–Crippen LogP) is 4.37. The molecular formula is C27H21N5O4S. The van der Waals surface area contributed by atoms with Gasteiger partial charge in [0, 0.05) is 52.6 Å². The van der Waals surface area contributed by atoms with Crippen LogP contribution in [0.25, 0.3) is 22.2 Å². The van der Waals surface area contributed by atoms with E-state index in [0.717, 1.165) is 15.1 Å². The first-order valence-electron chi connectivity index (χ1n) is 11.2. The number of nitrogens with two attached hydrogens (primary N) is 1. The lowest BCUT2D eigenvalue weighted by Gasteiger charge is -2.08. The summed E-state index contributed by atoms with van der Waals surface area (Å²) in [5, 5.41) is 2.80. The second-order valence-electron chi connectivity index (χ2n) is 8.39. The van der Waals surface area contributed by atoms with Gasteiger partial charge in [-0.2, -0.15) is 0 Å². The van der Waals surface area contributed by atoms with Crippen LogP contribution in [0, 0.1) is 6.92 Å². The van der Waals surface area contributed by atoms with Crippen molar-refractivity contribution in [3.63, 3.8) is 0 Å². The molecule has 0 fully saturated rings. The molecule has 5 aromatic rings. The molecule has 3 heterocycles. The van der Waals surface area contributed by atoms with Crippen molar-refractivity contribution in [3.05, 3.63) is 108 Å². The SMILES string of the molecule is Cc1ccc(S(=O)(=O)n2cc(C(=O)c3cccc(NC(N)=O)c3)c3cc(-c4cccnc4)cnc32)cc1. The number of nitrogens with zero attached hydrogens (tertiary/aromatic N) is 3. The Bertz CT molecular complexity index is 1760. The first-order valence-corrected chi connectivity index (χ1v) is 12.6. The van der Waals surface area contributed by atoms with Gasteiger partial charge in [-0.3, -0.25) is 9.78 Å². The van der Waals surface area contributed by atoms with Crippen molar-refractivity contribution in [2.75, 3.05) is 5.32 Å². The topological polar surface area (TPSA) is 137 Å².